The van der Waals surface area contributed by atoms with Gasteiger partial charge in [-0.1, -0.05) is 18.2 Å². The Morgan fingerprint density at radius 1 is 1.10 bits per heavy atom. The molecule has 0 spiro atoms. The Bertz CT molecular complexity index is 1160. The molecule has 0 bridgehead atoms. The maximum atomic E-state index is 12.7. The van der Waals surface area contributed by atoms with Crippen molar-refractivity contribution in [3.63, 3.8) is 0 Å². The molecule has 0 saturated carbocycles. The van der Waals surface area contributed by atoms with Gasteiger partial charge in [0.1, 0.15) is 29.9 Å². The Morgan fingerprint density at radius 2 is 1.90 bits per heavy atom. The van der Waals surface area contributed by atoms with E-state index in [9.17, 15) is 14.4 Å². The molecule has 1 aromatic carbocycles. The zero-order chi connectivity index (χ0) is 22.0. The average molecular weight is 423 g/mol. The molecule has 160 valence electrons. The summed E-state index contributed by atoms with van der Waals surface area (Å²) in [5.74, 6) is -0.275. The van der Waals surface area contributed by atoms with Gasteiger partial charge in [-0.2, -0.15) is 0 Å². The van der Waals surface area contributed by atoms with Gasteiger partial charge in [-0.25, -0.2) is 14.4 Å². The number of aromatic amines is 1. The van der Waals surface area contributed by atoms with Crippen LogP contribution in [-0.4, -0.2) is 36.2 Å². The van der Waals surface area contributed by atoms with Crippen molar-refractivity contribution >= 4 is 28.9 Å². The molecule has 1 atom stereocenters. The second-order valence-electron chi connectivity index (χ2n) is 6.94. The fourth-order valence-corrected chi connectivity index (χ4v) is 3.40. The number of urea groups is 1. The molecule has 0 saturated heterocycles. The van der Waals surface area contributed by atoms with Crippen LogP contribution in [0, 0.1) is 6.92 Å². The summed E-state index contributed by atoms with van der Waals surface area (Å²) in [6, 6.07) is 11.1. The number of para-hydroxylation sites is 1. The Balaban J connectivity index is 1.62. The number of nitrogens with one attached hydrogen (secondary N) is 3. The minimum atomic E-state index is -0.872. The highest BCUT2D eigenvalue weighted by Crippen LogP contribution is 2.29. The van der Waals surface area contributed by atoms with E-state index in [1.807, 2.05) is 24.3 Å². The fraction of sp³-hybridized carbons (Fsp3) is 0.227. The first kappa shape index (κ1) is 20.3. The van der Waals surface area contributed by atoms with Crippen molar-refractivity contribution in [2.24, 2.45) is 0 Å². The van der Waals surface area contributed by atoms with Crippen LogP contribution in [0.5, 0.6) is 0 Å². The molecular weight excluding hydrogens is 402 g/mol. The number of rotatable bonds is 6. The van der Waals surface area contributed by atoms with E-state index >= 15 is 0 Å². The number of benzene rings is 1. The number of ether oxygens (including phenoxy) is 2. The predicted molar refractivity (Wildman–Crippen MR) is 110 cm³/mol. The van der Waals surface area contributed by atoms with Crippen LogP contribution in [0.25, 0.3) is 10.9 Å². The largest absolute Gasteiger partial charge is 0.464 e. The Kier molecular flexibility index (Phi) is 5.48. The van der Waals surface area contributed by atoms with E-state index in [4.69, 9.17) is 13.9 Å². The lowest BCUT2D eigenvalue weighted by Gasteiger charge is -2.27. The number of carbonyl (C=O) groups excluding carboxylic acids is 3. The van der Waals surface area contributed by atoms with Crippen molar-refractivity contribution < 1.29 is 28.3 Å². The van der Waals surface area contributed by atoms with Crippen LogP contribution >= 0.6 is 0 Å². The highest BCUT2D eigenvalue weighted by atomic mass is 16.5. The van der Waals surface area contributed by atoms with Crippen molar-refractivity contribution in [3.05, 3.63) is 70.9 Å². The minimum Gasteiger partial charge on any atom is -0.464 e. The molecule has 9 heteroatoms. The maximum Gasteiger partial charge on any atom is 0.355 e. The molecule has 31 heavy (non-hydrogen) atoms. The highest BCUT2D eigenvalue weighted by Gasteiger charge is 2.36. The molecule has 4 rings (SSSR count). The second kappa shape index (κ2) is 8.39. The van der Waals surface area contributed by atoms with Crippen molar-refractivity contribution in [2.75, 3.05) is 13.2 Å². The summed E-state index contributed by atoms with van der Waals surface area (Å²) < 4.78 is 16.2. The second-order valence-corrected chi connectivity index (χ2v) is 6.94. The van der Waals surface area contributed by atoms with Gasteiger partial charge in [0.25, 0.3) is 0 Å². The number of fused-ring (bicyclic) bond motifs is 1. The molecule has 3 aromatic rings. The Labute approximate surface area is 177 Å². The number of hydrogen-bond donors (Lipinski definition) is 3. The number of carbonyl (C=O) groups is 3. The van der Waals surface area contributed by atoms with Gasteiger partial charge in [-0.3, -0.25) is 0 Å². The van der Waals surface area contributed by atoms with Crippen molar-refractivity contribution in [1.82, 2.24) is 15.6 Å². The van der Waals surface area contributed by atoms with Crippen LogP contribution in [0.1, 0.15) is 35.0 Å². The van der Waals surface area contributed by atoms with Gasteiger partial charge < -0.3 is 29.5 Å². The standard InChI is InChI=1S/C22H21N3O6/c1-3-29-21(27)18-16(24-22(28)25-19(18)17-9-8-12(2)31-17)11-30-20(26)15-10-13-6-4-5-7-14(13)23-15/h4-10,19,23H,3,11H2,1-2H3,(H2,24,25,28)/t19-/m1/s1. The number of hydrogen-bond acceptors (Lipinski definition) is 6. The molecule has 0 radical (unpaired) electrons. The van der Waals surface area contributed by atoms with Crippen molar-refractivity contribution in [2.45, 2.75) is 19.9 Å². The third-order valence-corrected chi connectivity index (χ3v) is 4.79. The number of aromatic nitrogens is 1. The SMILES string of the molecule is CCOC(=O)C1=C(COC(=O)c2cc3ccccc3[nH]2)NC(=O)N[C@@H]1c1ccc(C)o1. The van der Waals surface area contributed by atoms with E-state index in [0.717, 1.165) is 10.9 Å². The van der Waals surface area contributed by atoms with Gasteiger partial charge in [0, 0.05) is 10.9 Å². The van der Waals surface area contributed by atoms with Gasteiger partial charge in [0.05, 0.1) is 17.9 Å². The van der Waals surface area contributed by atoms with Crippen molar-refractivity contribution in [1.29, 1.82) is 0 Å². The molecule has 0 unspecified atom stereocenters. The maximum absolute atomic E-state index is 12.7. The van der Waals surface area contributed by atoms with E-state index in [1.165, 1.54) is 0 Å². The molecule has 2 aromatic heterocycles. The lowest BCUT2D eigenvalue weighted by molar-refractivity contribution is -0.139. The van der Waals surface area contributed by atoms with Crippen LogP contribution in [0.3, 0.4) is 0 Å². The summed E-state index contributed by atoms with van der Waals surface area (Å²) >= 11 is 0. The first-order chi connectivity index (χ1) is 15.0. The molecule has 9 nitrogen and oxygen atoms in total. The molecule has 1 aliphatic rings. The predicted octanol–water partition coefficient (Wildman–Crippen LogP) is 3.10. The number of H-pyrrole nitrogens is 1. The topological polar surface area (TPSA) is 123 Å². The van der Waals surface area contributed by atoms with Gasteiger partial charge >= 0.3 is 18.0 Å². The summed E-state index contributed by atoms with van der Waals surface area (Å²) in [6.07, 6.45) is 0. The third-order valence-electron chi connectivity index (χ3n) is 4.79. The van der Waals surface area contributed by atoms with Gasteiger partial charge in [0.15, 0.2) is 0 Å². The molecule has 2 amide bonds. The average Bonchev–Trinajstić information content (AvgIpc) is 3.37. The number of aryl methyl sites for hydroxylation is 1. The van der Waals surface area contributed by atoms with Crippen LogP contribution in [0.2, 0.25) is 0 Å². The molecule has 0 fully saturated rings. The summed E-state index contributed by atoms with van der Waals surface area (Å²) in [5.41, 5.74) is 1.30. The van der Waals surface area contributed by atoms with Gasteiger partial charge in [0.2, 0.25) is 0 Å². The molecule has 3 N–H and O–H groups in total. The zero-order valence-electron chi connectivity index (χ0n) is 17.0. The number of esters is 2. The number of amides is 2. The molecule has 0 aliphatic carbocycles. The Morgan fingerprint density at radius 3 is 2.61 bits per heavy atom. The number of furan rings is 1. The van der Waals surface area contributed by atoms with Gasteiger partial charge in [-0.05, 0) is 38.1 Å². The normalized spacial score (nSPS) is 16.1. The van der Waals surface area contributed by atoms with E-state index < -0.39 is 24.0 Å². The highest BCUT2D eigenvalue weighted by molar-refractivity contribution is 5.96. The molecule has 3 heterocycles. The van der Waals surface area contributed by atoms with E-state index in [1.54, 1.807) is 32.0 Å². The summed E-state index contributed by atoms with van der Waals surface area (Å²) in [4.78, 5) is 40.4. The molecule has 1 aliphatic heterocycles. The smallest absolute Gasteiger partial charge is 0.355 e. The van der Waals surface area contributed by atoms with Crippen LogP contribution in [-0.2, 0) is 14.3 Å². The first-order valence-electron chi connectivity index (χ1n) is 9.75. The zero-order valence-corrected chi connectivity index (χ0v) is 17.0. The Hall–Kier alpha value is -4.01. The quantitative estimate of drug-likeness (QED) is 0.524. The third kappa shape index (κ3) is 4.16. The first-order valence-corrected chi connectivity index (χ1v) is 9.75. The summed E-state index contributed by atoms with van der Waals surface area (Å²) in [6.45, 7) is 3.24. The van der Waals surface area contributed by atoms with E-state index in [0.29, 0.717) is 11.5 Å². The van der Waals surface area contributed by atoms with E-state index in [-0.39, 0.29) is 30.2 Å². The van der Waals surface area contributed by atoms with E-state index in [2.05, 4.69) is 15.6 Å². The summed E-state index contributed by atoms with van der Waals surface area (Å²) in [7, 11) is 0. The van der Waals surface area contributed by atoms with Crippen LogP contribution < -0.4 is 10.6 Å². The van der Waals surface area contributed by atoms with Crippen molar-refractivity contribution in [3.8, 4) is 0 Å². The lowest BCUT2D eigenvalue weighted by Crippen LogP contribution is -2.47. The van der Waals surface area contributed by atoms with Crippen LogP contribution in [0.4, 0.5) is 4.79 Å². The van der Waals surface area contributed by atoms with Crippen LogP contribution in [0.15, 0.2) is 58.2 Å². The molecular formula is C22H21N3O6. The fourth-order valence-electron chi connectivity index (χ4n) is 3.40. The summed E-state index contributed by atoms with van der Waals surface area (Å²) in [5, 5.41) is 6.06. The lowest BCUT2D eigenvalue weighted by atomic mass is 10.0. The van der Waals surface area contributed by atoms with Gasteiger partial charge in [-0.15, -0.1) is 0 Å². The minimum absolute atomic E-state index is 0.111. The monoisotopic (exact) mass is 423 g/mol.